The molecule has 122 valence electrons. The van der Waals surface area contributed by atoms with Gasteiger partial charge in [0.2, 0.25) is 0 Å². The summed E-state index contributed by atoms with van der Waals surface area (Å²) in [6, 6.07) is 21.8. The van der Waals surface area contributed by atoms with Gasteiger partial charge in [-0.3, -0.25) is 0 Å². The molecule has 3 rings (SSSR count). The van der Waals surface area contributed by atoms with Crippen LogP contribution in [0.5, 0.6) is 0 Å². The third-order valence-corrected chi connectivity index (χ3v) is 14.9. The molecule has 1 heterocycles. The van der Waals surface area contributed by atoms with Crippen LogP contribution < -0.4 is 10.4 Å². The van der Waals surface area contributed by atoms with Gasteiger partial charge in [-0.05, 0) is 36.1 Å². The van der Waals surface area contributed by atoms with Crippen LogP contribution in [0.2, 0.25) is 25.7 Å². The van der Waals surface area contributed by atoms with Crippen LogP contribution in [0, 0.1) is 0 Å². The van der Waals surface area contributed by atoms with Crippen LogP contribution in [0.3, 0.4) is 0 Å². The van der Waals surface area contributed by atoms with Crippen LogP contribution in [-0.2, 0) is 12.7 Å². The summed E-state index contributed by atoms with van der Waals surface area (Å²) in [5.74, 6) is 0. The van der Waals surface area contributed by atoms with Crippen LogP contribution in [0.15, 0.2) is 60.7 Å². The Balaban J connectivity index is 2.06. The molecule has 0 saturated carbocycles. The Morgan fingerprint density at radius 1 is 0.826 bits per heavy atom. The average Bonchev–Trinajstić information content (AvgIpc) is 2.53. The molecule has 1 atom stereocenters. The molecule has 0 bridgehead atoms. The minimum absolute atomic E-state index is 0.705. The van der Waals surface area contributed by atoms with Crippen molar-refractivity contribution in [1.29, 1.82) is 0 Å². The van der Waals surface area contributed by atoms with E-state index >= 15 is 0 Å². The maximum Gasteiger partial charge on any atom is 0.398 e. The van der Waals surface area contributed by atoms with E-state index in [9.17, 15) is 0 Å². The minimum atomic E-state index is -2.68. The molecular formula is C17H24O3Si3. The predicted molar refractivity (Wildman–Crippen MR) is 101 cm³/mol. The van der Waals surface area contributed by atoms with Crippen molar-refractivity contribution in [3.63, 3.8) is 0 Å². The lowest BCUT2D eigenvalue weighted by Crippen LogP contribution is -2.67. The molecule has 3 nitrogen and oxygen atoms in total. The zero-order chi connectivity index (χ0) is 16.3. The van der Waals surface area contributed by atoms with E-state index in [4.69, 9.17) is 12.7 Å². The van der Waals surface area contributed by atoms with Crippen molar-refractivity contribution < 1.29 is 12.7 Å². The van der Waals surface area contributed by atoms with Gasteiger partial charge in [-0.1, -0.05) is 60.7 Å². The van der Waals surface area contributed by atoms with Gasteiger partial charge in [0.1, 0.15) is 0 Å². The largest absolute Gasteiger partial charge is 0.439 e. The van der Waals surface area contributed by atoms with E-state index in [1.807, 2.05) is 12.1 Å². The summed E-state index contributed by atoms with van der Waals surface area (Å²) in [4.78, 5) is 0. The smallest absolute Gasteiger partial charge is 0.398 e. The van der Waals surface area contributed by atoms with Gasteiger partial charge in [0.05, 0.1) is 0 Å². The van der Waals surface area contributed by atoms with Gasteiger partial charge in [0.25, 0.3) is 9.28 Å². The van der Waals surface area contributed by atoms with Gasteiger partial charge >= 0.3 is 8.56 Å². The summed E-state index contributed by atoms with van der Waals surface area (Å²) in [6.45, 7) is 7.35. The zero-order valence-electron chi connectivity index (χ0n) is 14.0. The maximum absolute atomic E-state index is 6.65. The van der Waals surface area contributed by atoms with E-state index in [2.05, 4.69) is 68.2 Å². The Kier molecular flexibility index (Phi) is 5.00. The summed E-state index contributed by atoms with van der Waals surface area (Å²) >= 11 is 0. The molecule has 1 saturated heterocycles. The maximum atomic E-state index is 6.65. The van der Waals surface area contributed by atoms with Crippen LogP contribution in [0.25, 0.3) is 0 Å². The van der Waals surface area contributed by atoms with E-state index in [1.165, 1.54) is 0 Å². The number of rotatable bonds is 2. The Morgan fingerprint density at radius 2 is 1.35 bits per heavy atom. The Morgan fingerprint density at radius 3 is 1.87 bits per heavy atom. The SMILES string of the molecule is C[SiH]1O[Si](C)(C)CCO[Si](c2ccccc2)(c2ccccc2)O1. The lowest BCUT2D eigenvalue weighted by molar-refractivity contribution is 0.245. The second-order valence-corrected chi connectivity index (χ2v) is 16.2. The van der Waals surface area contributed by atoms with Crippen LogP contribution in [-0.4, -0.2) is 32.8 Å². The fraction of sp³-hybridized carbons (Fsp3) is 0.294. The number of hydrogen-bond donors (Lipinski definition) is 0. The number of benzene rings is 2. The number of hydrogen-bond acceptors (Lipinski definition) is 3. The summed E-state index contributed by atoms with van der Waals surface area (Å²) in [5.41, 5.74) is 0. The Labute approximate surface area is 142 Å². The first-order valence-corrected chi connectivity index (χ1v) is 15.2. The first-order valence-electron chi connectivity index (χ1n) is 8.12. The lowest BCUT2D eigenvalue weighted by atomic mass is 10.4. The van der Waals surface area contributed by atoms with Gasteiger partial charge in [-0.2, -0.15) is 0 Å². The first kappa shape index (κ1) is 16.8. The third-order valence-electron chi connectivity index (χ3n) is 4.13. The zero-order valence-corrected chi connectivity index (χ0v) is 17.1. The van der Waals surface area contributed by atoms with Gasteiger partial charge in [-0.15, -0.1) is 0 Å². The van der Waals surface area contributed by atoms with E-state index in [0.29, 0.717) is 6.61 Å². The summed E-state index contributed by atoms with van der Waals surface area (Å²) < 4.78 is 19.6. The van der Waals surface area contributed by atoms with Crippen molar-refractivity contribution in [3.05, 3.63) is 60.7 Å². The Hall–Kier alpha value is -1.03. The highest BCUT2D eigenvalue weighted by Crippen LogP contribution is 2.21. The molecule has 1 aliphatic rings. The second kappa shape index (κ2) is 6.84. The first-order chi connectivity index (χ1) is 11.0. The highest BCUT2D eigenvalue weighted by molar-refractivity contribution is 6.96. The Bertz CT molecular complexity index is 595. The van der Waals surface area contributed by atoms with Gasteiger partial charge in [-0.25, -0.2) is 0 Å². The highest BCUT2D eigenvalue weighted by atomic mass is 28.5. The summed E-state index contributed by atoms with van der Waals surface area (Å²) in [5, 5.41) is 2.33. The molecule has 23 heavy (non-hydrogen) atoms. The van der Waals surface area contributed by atoms with Gasteiger partial charge in [0, 0.05) is 6.61 Å². The predicted octanol–water partition coefficient (Wildman–Crippen LogP) is 2.36. The molecule has 0 radical (unpaired) electrons. The minimum Gasteiger partial charge on any atom is -0.439 e. The normalized spacial score (nSPS) is 23.7. The van der Waals surface area contributed by atoms with Crippen LogP contribution in [0.4, 0.5) is 0 Å². The van der Waals surface area contributed by atoms with Crippen molar-refractivity contribution in [1.82, 2.24) is 0 Å². The van der Waals surface area contributed by atoms with Gasteiger partial charge < -0.3 is 12.7 Å². The summed E-state index contributed by atoms with van der Waals surface area (Å²) in [7, 11) is -6.11. The van der Waals surface area contributed by atoms with Crippen LogP contribution in [0.1, 0.15) is 0 Å². The van der Waals surface area contributed by atoms with Gasteiger partial charge in [0.15, 0.2) is 8.32 Å². The molecule has 0 aromatic heterocycles. The van der Waals surface area contributed by atoms with E-state index in [1.54, 1.807) is 0 Å². The molecule has 2 aromatic carbocycles. The highest BCUT2D eigenvalue weighted by Gasteiger charge is 2.46. The molecule has 0 N–H and O–H groups in total. The van der Waals surface area contributed by atoms with E-state index in [0.717, 1.165) is 16.4 Å². The molecule has 1 aliphatic heterocycles. The van der Waals surface area contributed by atoms with Crippen molar-refractivity contribution in [2.75, 3.05) is 6.61 Å². The molecule has 0 spiro atoms. The van der Waals surface area contributed by atoms with E-state index in [-0.39, 0.29) is 0 Å². The monoisotopic (exact) mass is 360 g/mol. The van der Waals surface area contributed by atoms with Crippen LogP contribution >= 0.6 is 0 Å². The molecule has 6 heteroatoms. The third kappa shape index (κ3) is 3.73. The fourth-order valence-corrected chi connectivity index (χ4v) is 14.1. The molecule has 1 fully saturated rings. The molecule has 1 unspecified atom stereocenters. The topological polar surface area (TPSA) is 27.7 Å². The second-order valence-electron chi connectivity index (χ2n) is 6.51. The van der Waals surface area contributed by atoms with Crippen molar-refractivity contribution >= 4 is 36.5 Å². The standard InChI is InChI=1S/C17H24O3Si3/c1-21-19-22(2,3)15-14-18-23(20-21,16-10-6-4-7-11-16)17-12-8-5-9-13-17/h4-13,21H,14-15H2,1-3H3. The van der Waals surface area contributed by atoms with Crippen molar-refractivity contribution in [2.24, 2.45) is 0 Å². The van der Waals surface area contributed by atoms with E-state index < -0.39 is 26.2 Å². The summed E-state index contributed by atoms with van der Waals surface area (Å²) in [6.07, 6.45) is 0. The molecule has 0 aliphatic carbocycles. The van der Waals surface area contributed by atoms with Crippen molar-refractivity contribution in [2.45, 2.75) is 25.7 Å². The molecular weight excluding hydrogens is 336 g/mol. The molecule has 2 aromatic rings. The average molecular weight is 361 g/mol. The lowest BCUT2D eigenvalue weighted by Gasteiger charge is -2.39. The quantitative estimate of drug-likeness (QED) is 0.770. The fourth-order valence-electron chi connectivity index (χ4n) is 3.03. The van der Waals surface area contributed by atoms with Crippen molar-refractivity contribution in [3.8, 4) is 0 Å². The molecule has 0 amide bonds.